The number of benzene rings is 1. The van der Waals surface area contributed by atoms with Crippen LogP contribution in [0.5, 0.6) is 5.75 Å². The van der Waals surface area contributed by atoms with Crippen molar-refractivity contribution in [3.8, 4) is 17.9 Å². The van der Waals surface area contributed by atoms with Gasteiger partial charge >= 0.3 is 6.18 Å². The lowest BCUT2D eigenvalue weighted by Crippen LogP contribution is -2.19. The molecule has 1 aromatic carbocycles. The van der Waals surface area contributed by atoms with E-state index in [1.54, 1.807) is 12.1 Å². The lowest BCUT2D eigenvalue weighted by atomic mass is 10.1. The Hall–Kier alpha value is -2.21. The van der Waals surface area contributed by atoms with Gasteiger partial charge in [0, 0.05) is 0 Å². The Labute approximate surface area is 89.3 Å². The van der Waals surface area contributed by atoms with Crippen LogP contribution in [0.15, 0.2) is 18.2 Å². The summed E-state index contributed by atoms with van der Waals surface area (Å²) in [7, 11) is 0. The van der Waals surface area contributed by atoms with E-state index in [1.165, 1.54) is 18.2 Å². The fraction of sp³-hybridized carbons (Fsp3) is 0.200. The number of nitrogens with zero attached hydrogens (tertiary/aromatic N) is 2. The molecule has 0 fully saturated rings. The molecule has 0 spiro atoms. The van der Waals surface area contributed by atoms with E-state index in [0.717, 1.165) is 0 Å². The molecule has 0 saturated carbocycles. The first-order chi connectivity index (χ1) is 7.48. The maximum absolute atomic E-state index is 11.9. The second-order valence-corrected chi connectivity index (χ2v) is 2.81. The Kier molecular flexibility index (Phi) is 3.37. The number of halogens is 3. The number of ether oxygens (including phenoxy) is 1. The quantitative estimate of drug-likeness (QED) is 0.777. The SMILES string of the molecule is N#Cc1cccc(OCC(F)(F)F)c1C#N. The van der Waals surface area contributed by atoms with Crippen LogP contribution in [0.1, 0.15) is 11.1 Å². The predicted octanol–water partition coefficient (Wildman–Crippen LogP) is 2.37. The third kappa shape index (κ3) is 2.89. The summed E-state index contributed by atoms with van der Waals surface area (Å²) in [6.45, 7) is -1.49. The Balaban J connectivity index is 2.98. The first-order valence-corrected chi connectivity index (χ1v) is 4.10. The van der Waals surface area contributed by atoms with Crippen LogP contribution in [0, 0.1) is 22.7 Å². The molecule has 1 aromatic rings. The van der Waals surface area contributed by atoms with Crippen LogP contribution < -0.4 is 4.74 Å². The number of alkyl halides is 3. The zero-order valence-electron chi connectivity index (χ0n) is 7.88. The van der Waals surface area contributed by atoms with E-state index in [0.29, 0.717) is 0 Å². The van der Waals surface area contributed by atoms with Gasteiger partial charge in [-0.1, -0.05) is 6.07 Å². The minimum atomic E-state index is -4.48. The molecule has 0 amide bonds. The predicted molar refractivity (Wildman–Crippen MR) is 47.4 cm³/mol. The van der Waals surface area contributed by atoms with Crippen molar-refractivity contribution in [2.45, 2.75) is 6.18 Å². The second kappa shape index (κ2) is 4.54. The topological polar surface area (TPSA) is 56.8 Å². The molecule has 0 heterocycles. The average molecular weight is 226 g/mol. The Morgan fingerprint density at radius 1 is 1.19 bits per heavy atom. The van der Waals surface area contributed by atoms with Gasteiger partial charge in [0.05, 0.1) is 5.56 Å². The zero-order valence-corrected chi connectivity index (χ0v) is 7.88. The van der Waals surface area contributed by atoms with Gasteiger partial charge in [-0.2, -0.15) is 23.7 Å². The van der Waals surface area contributed by atoms with Gasteiger partial charge in [-0.15, -0.1) is 0 Å². The maximum Gasteiger partial charge on any atom is 0.422 e. The van der Waals surface area contributed by atoms with Gasteiger partial charge in [-0.3, -0.25) is 0 Å². The van der Waals surface area contributed by atoms with Crippen molar-refractivity contribution in [3.63, 3.8) is 0 Å². The van der Waals surface area contributed by atoms with Gasteiger partial charge in [-0.05, 0) is 12.1 Å². The minimum Gasteiger partial charge on any atom is -0.483 e. The van der Waals surface area contributed by atoms with Crippen LogP contribution in [0.2, 0.25) is 0 Å². The molecule has 0 aliphatic rings. The van der Waals surface area contributed by atoms with E-state index in [2.05, 4.69) is 4.74 Å². The Morgan fingerprint density at radius 2 is 1.88 bits per heavy atom. The summed E-state index contributed by atoms with van der Waals surface area (Å²) < 4.78 is 40.1. The number of hydrogen-bond acceptors (Lipinski definition) is 3. The van der Waals surface area contributed by atoms with Crippen LogP contribution in [-0.4, -0.2) is 12.8 Å². The number of hydrogen-bond donors (Lipinski definition) is 0. The maximum atomic E-state index is 11.9. The van der Waals surface area contributed by atoms with Crippen LogP contribution >= 0.6 is 0 Å². The van der Waals surface area contributed by atoms with Crippen molar-refractivity contribution in [1.82, 2.24) is 0 Å². The van der Waals surface area contributed by atoms with E-state index >= 15 is 0 Å². The third-order valence-corrected chi connectivity index (χ3v) is 1.65. The number of rotatable bonds is 2. The van der Waals surface area contributed by atoms with E-state index in [-0.39, 0.29) is 16.9 Å². The summed E-state index contributed by atoms with van der Waals surface area (Å²) in [6.07, 6.45) is -4.48. The molecule has 0 aromatic heterocycles. The summed E-state index contributed by atoms with van der Waals surface area (Å²) in [5.41, 5.74) is -0.198. The van der Waals surface area contributed by atoms with Crippen molar-refractivity contribution in [1.29, 1.82) is 10.5 Å². The van der Waals surface area contributed by atoms with E-state index in [9.17, 15) is 13.2 Å². The molecule has 0 unspecified atom stereocenters. The minimum absolute atomic E-state index is 0.0119. The molecule has 16 heavy (non-hydrogen) atoms. The molecule has 0 N–H and O–H groups in total. The van der Waals surface area contributed by atoms with Crippen LogP contribution in [0.4, 0.5) is 13.2 Å². The van der Waals surface area contributed by atoms with Crippen LogP contribution in [-0.2, 0) is 0 Å². The van der Waals surface area contributed by atoms with Crippen molar-refractivity contribution >= 4 is 0 Å². The van der Waals surface area contributed by atoms with Gasteiger partial charge in [0.1, 0.15) is 23.5 Å². The van der Waals surface area contributed by atoms with Crippen LogP contribution in [0.3, 0.4) is 0 Å². The zero-order chi connectivity index (χ0) is 12.2. The molecule has 82 valence electrons. The van der Waals surface area contributed by atoms with Crippen molar-refractivity contribution < 1.29 is 17.9 Å². The summed E-state index contributed by atoms with van der Waals surface area (Å²) in [5, 5.41) is 17.3. The summed E-state index contributed by atoms with van der Waals surface area (Å²) in [5.74, 6) is -0.237. The van der Waals surface area contributed by atoms with Gasteiger partial charge in [0.15, 0.2) is 6.61 Å². The van der Waals surface area contributed by atoms with Gasteiger partial charge in [0.2, 0.25) is 0 Å². The second-order valence-electron chi connectivity index (χ2n) is 2.81. The summed E-state index contributed by atoms with van der Waals surface area (Å²) in [4.78, 5) is 0. The first kappa shape index (κ1) is 11.9. The van der Waals surface area contributed by atoms with Gasteiger partial charge in [0.25, 0.3) is 0 Å². The lowest BCUT2D eigenvalue weighted by molar-refractivity contribution is -0.153. The molecular formula is C10H5F3N2O. The summed E-state index contributed by atoms with van der Waals surface area (Å²) >= 11 is 0. The largest absolute Gasteiger partial charge is 0.483 e. The monoisotopic (exact) mass is 226 g/mol. The van der Waals surface area contributed by atoms with Crippen molar-refractivity contribution in [3.05, 3.63) is 29.3 Å². The van der Waals surface area contributed by atoms with E-state index in [4.69, 9.17) is 10.5 Å². The smallest absolute Gasteiger partial charge is 0.422 e. The molecule has 0 aliphatic heterocycles. The highest BCUT2D eigenvalue weighted by Crippen LogP contribution is 2.23. The highest BCUT2D eigenvalue weighted by molar-refractivity contribution is 5.53. The average Bonchev–Trinajstić information content (AvgIpc) is 2.24. The van der Waals surface area contributed by atoms with E-state index in [1.807, 2.05) is 0 Å². The molecule has 0 saturated heterocycles. The highest BCUT2D eigenvalue weighted by Gasteiger charge is 2.29. The standard InChI is InChI=1S/C10H5F3N2O/c11-10(12,13)6-16-9-3-1-2-7(4-14)8(9)5-15/h1-3H,6H2. The molecule has 1 rings (SSSR count). The molecule has 6 heteroatoms. The van der Waals surface area contributed by atoms with E-state index < -0.39 is 12.8 Å². The van der Waals surface area contributed by atoms with Crippen LogP contribution in [0.25, 0.3) is 0 Å². The Morgan fingerprint density at radius 3 is 2.38 bits per heavy atom. The Bertz CT molecular complexity index is 468. The van der Waals surface area contributed by atoms with Gasteiger partial charge < -0.3 is 4.74 Å². The molecule has 3 nitrogen and oxygen atoms in total. The lowest BCUT2D eigenvalue weighted by Gasteiger charge is -2.10. The highest BCUT2D eigenvalue weighted by atomic mass is 19.4. The molecule has 0 atom stereocenters. The molecule has 0 radical (unpaired) electrons. The van der Waals surface area contributed by atoms with Crippen molar-refractivity contribution in [2.75, 3.05) is 6.61 Å². The fourth-order valence-corrected chi connectivity index (χ4v) is 1.02. The number of nitriles is 2. The van der Waals surface area contributed by atoms with Crippen molar-refractivity contribution in [2.24, 2.45) is 0 Å². The third-order valence-electron chi connectivity index (χ3n) is 1.65. The summed E-state index contributed by atoms with van der Waals surface area (Å²) in [6, 6.07) is 7.23. The fourth-order valence-electron chi connectivity index (χ4n) is 1.02. The van der Waals surface area contributed by atoms with Gasteiger partial charge in [-0.25, -0.2) is 0 Å². The molecule has 0 aliphatic carbocycles. The molecular weight excluding hydrogens is 221 g/mol. The first-order valence-electron chi connectivity index (χ1n) is 4.10. The normalized spacial score (nSPS) is 10.3. The molecule has 0 bridgehead atoms.